The van der Waals surface area contributed by atoms with Gasteiger partial charge in [-0.3, -0.25) is 0 Å². The Balaban J connectivity index is 1.87. The normalized spacial score (nSPS) is 17.8. The Morgan fingerprint density at radius 1 is 1.05 bits per heavy atom. The van der Waals surface area contributed by atoms with Crippen molar-refractivity contribution in [1.82, 2.24) is 14.9 Å². The Morgan fingerprint density at radius 2 is 1.74 bits per heavy atom. The maximum atomic E-state index is 4.55. The number of rotatable bonds is 2. The molecule has 0 spiro atoms. The maximum absolute atomic E-state index is 4.55. The summed E-state index contributed by atoms with van der Waals surface area (Å²) >= 11 is 0. The zero-order valence-corrected chi connectivity index (χ0v) is 11.6. The van der Waals surface area contributed by atoms with E-state index in [1.807, 2.05) is 6.20 Å². The SMILES string of the molecule is Cc1cnc(NN2CCN(C)CC2)c2ccccc12. The largest absolute Gasteiger partial charge is 0.304 e. The Bertz CT molecular complexity index is 573. The molecule has 4 nitrogen and oxygen atoms in total. The van der Waals surface area contributed by atoms with Gasteiger partial charge in [0, 0.05) is 37.8 Å². The summed E-state index contributed by atoms with van der Waals surface area (Å²) in [6.07, 6.45) is 1.95. The quantitative estimate of drug-likeness (QED) is 0.892. The van der Waals surface area contributed by atoms with Crippen molar-refractivity contribution >= 4 is 16.6 Å². The molecule has 0 aliphatic carbocycles. The number of hydrazine groups is 1. The molecule has 0 saturated carbocycles. The van der Waals surface area contributed by atoms with Crippen LogP contribution in [0.4, 0.5) is 5.82 Å². The van der Waals surface area contributed by atoms with E-state index in [0.29, 0.717) is 0 Å². The van der Waals surface area contributed by atoms with Crippen LogP contribution in [0, 0.1) is 6.92 Å². The molecule has 19 heavy (non-hydrogen) atoms. The molecule has 0 atom stereocenters. The number of piperazine rings is 1. The highest BCUT2D eigenvalue weighted by Gasteiger charge is 2.15. The van der Waals surface area contributed by atoms with Crippen LogP contribution in [0.2, 0.25) is 0 Å². The minimum absolute atomic E-state index is 0.964. The lowest BCUT2D eigenvalue weighted by Gasteiger charge is -2.33. The number of aryl methyl sites for hydroxylation is 1. The van der Waals surface area contributed by atoms with Crippen molar-refractivity contribution < 1.29 is 0 Å². The van der Waals surface area contributed by atoms with E-state index in [9.17, 15) is 0 Å². The molecule has 0 radical (unpaired) electrons. The minimum atomic E-state index is 0.964. The number of aromatic nitrogens is 1. The van der Waals surface area contributed by atoms with Gasteiger partial charge in [-0.1, -0.05) is 24.3 Å². The topological polar surface area (TPSA) is 31.4 Å². The van der Waals surface area contributed by atoms with Crippen molar-refractivity contribution in [3.63, 3.8) is 0 Å². The molecule has 1 N–H and O–H groups in total. The fourth-order valence-electron chi connectivity index (χ4n) is 2.49. The van der Waals surface area contributed by atoms with Gasteiger partial charge in [-0.05, 0) is 24.9 Å². The second-order valence-corrected chi connectivity index (χ2v) is 5.24. The van der Waals surface area contributed by atoms with E-state index in [1.54, 1.807) is 0 Å². The standard InChI is InChI=1S/C15H20N4/c1-12-11-16-15(14-6-4-3-5-13(12)14)17-19-9-7-18(2)8-10-19/h3-6,11H,7-10H2,1-2H3,(H,16,17). The number of benzene rings is 1. The number of fused-ring (bicyclic) bond motifs is 1. The van der Waals surface area contributed by atoms with Crippen molar-refractivity contribution in [2.45, 2.75) is 6.92 Å². The zero-order chi connectivity index (χ0) is 13.2. The van der Waals surface area contributed by atoms with Crippen molar-refractivity contribution in [3.05, 3.63) is 36.0 Å². The maximum Gasteiger partial charge on any atom is 0.148 e. The predicted octanol–water partition coefficient (Wildman–Crippen LogP) is 2.12. The molecule has 3 rings (SSSR count). The van der Waals surface area contributed by atoms with Gasteiger partial charge in [0.25, 0.3) is 0 Å². The first-order chi connectivity index (χ1) is 9.24. The number of hydrogen-bond donors (Lipinski definition) is 1. The van der Waals surface area contributed by atoms with E-state index in [1.165, 1.54) is 16.3 Å². The highest BCUT2D eigenvalue weighted by Crippen LogP contribution is 2.24. The second-order valence-electron chi connectivity index (χ2n) is 5.24. The van der Waals surface area contributed by atoms with Gasteiger partial charge in [-0.25, -0.2) is 9.99 Å². The first-order valence-corrected chi connectivity index (χ1v) is 6.78. The van der Waals surface area contributed by atoms with Crippen LogP contribution >= 0.6 is 0 Å². The van der Waals surface area contributed by atoms with Gasteiger partial charge < -0.3 is 10.3 Å². The molecular weight excluding hydrogens is 236 g/mol. The lowest BCUT2D eigenvalue weighted by Crippen LogP contribution is -2.47. The van der Waals surface area contributed by atoms with Crippen LogP contribution in [-0.4, -0.2) is 48.1 Å². The summed E-state index contributed by atoms with van der Waals surface area (Å²) in [5.41, 5.74) is 4.69. The van der Waals surface area contributed by atoms with Crippen LogP contribution in [0.1, 0.15) is 5.56 Å². The minimum Gasteiger partial charge on any atom is -0.304 e. The molecule has 0 bridgehead atoms. The highest BCUT2D eigenvalue weighted by atomic mass is 15.5. The van der Waals surface area contributed by atoms with Crippen LogP contribution < -0.4 is 5.43 Å². The van der Waals surface area contributed by atoms with Crippen LogP contribution in [0.15, 0.2) is 30.5 Å². The van der Waals surface area contributed by atoms with Crippen LogP contribution in [0.25, 0.3) is 10.8 Å². The lowest BCUT2D eigenvalue weighted by atomic mass is 10.1. The zero-order valence-electron chi connectivity index (χ0n) is 11.6. The summed E-state index contributed by atoms with van der Waals surface area (Å²) in [5.74, 6) is 0.964. The molecule has 0 unspecified atom stereocenters. The third-order valence-electron chi connectivity index (χ3n) is 3.76. The Hall–Kier alpha value is -1.65. The Morgan fingerprint density at radius 3 is 2.47 bits per heavy atom. The first kappa shape index (κ1) is 12.4. The molecule has 1 aromatic carbocycles. The molecule has 2 aromatic rings. The molecule has 4 heteroatoms. The van der Waals surface area contributed by atoms with E-state index >= 15 is 0 Å². The average molecular weight is 256 g/mol. The van der Waals surface area contributed by atoms with Crippen molar-refractivity contribution in [2.75, 3.05) is 38.7 Å². The fourth-order valence-corrected chi connectivity index (χ4v) is 2.49. The van der Waals surface area contributed by atoms with Crippen LogP contribution in [-0.2, 0) is 0 Å². The third kappa shape index (κ3) is 2.55. The van der Waals surface area contributed by atoms with Gasteiger partial charge in [0.1, 0.15) is 5.82 Å². The number of pyridine rings is 1. The lowest BCUT2D eigenvalue weighted by molar-refractivity contribution is 0.178. The summed E-state index contributed by atoms with van der Waals surface area (Å²) in [6, 6.07) is 8.43. The molecule has 1 aliphatic rings. The molecule has 1 aromatic heterocycles. The highest BCUT2D eigenvalue weighted by molar-refractivity contribution is 5.93. The predicted molar refractivity (Wildman–Crippen MR) is 79.2 cm³/mol. The number of anilines is 1. The monoisotopic (exact) mass is 256 g/mol. The summed E-state index contributed by atoms with van der Waals surface area (Å²) in [5, 5.41) is 4.72. The van der Waals surface area contributed by atoms with Gasteiger partial charge in [0.15, 0.2) is 0 Å². The van der Waals surface area contributed by atoms with E-state index < -0.39 is 0 Å². The summed E-state index contributed by atoms with van der Waals surface area (Å²) < 4.78 is 0. The Kier molecular flexibility index (Phi) is 3.36. The number of likely N-dealkylation sites (N-methyl/N-ethyl adjacent to an activating group) is 1. The molecule has 0 amide bonds. The molecule has 1 saturated heterocycles. The van der Waals surface area contributed by atoms with Crippen molar-refractivity contribution in [1.29, 1.82) is 0 Å². The van der Waals surface area contributed by atoms with Crippen LogP contribution in [0.5, 0.6) is 0 Å². The summed E-state index contributed by atoms with van der Waals surface area (Å²) in [4.78, 5) is 6.90. The molecular formula is C15H20N4. The van der Waals surface area contributed by atoms with Gasteiger partial charge >= 0.3 is 0 Å². The first-order valence-electron chi connectivity index (χ1n) is 6.78. The number of hydrogen-bond acceptors (Lipinski definition) is 4. The number of nitrogens with zero attached hydrogens (tertiary/aromatic N) is 3. The van der Waals surface area contributed by atoms with E-state index in [2.05, 4.69) is 58.6 Å². The summed E-state index contributed by atoms with van der Waals surface area (Å²) in [6.45, 7) is 6.35. The molecule has 1 fully saturated rings. The molecule has 1 aliphatic heterocycles. The van der Waals surface area contributed by atoms with Gasteiger partial charge in [-0.2, -0.15) is 0 Å². The van der Waals surface area contributed by atoms with Crippen molar-refractivity contribution in [3.8, 4) is 0 Å². The van der Waals surface area contributed by atoms with E-state index in [0.717, 1.165) is 32.0 Å². The number of nitrogens with one attached hydrogen (secondary N) is 1. The smallest absolute Gasteiger partial charge is 0.148 e. The molecule has 100 valence electrons. The van der Waals surface area contributed by atoms with Crippen LogP contribution in [0.3, 0.4) is 0 Å². The van der Waals surface area contributed by atoms with E-state index in [-0.39, 0.29) is 0 Å². The van der Waals surface area contributed by atoms with E-state index in [4.69, 9.17) is 0 Å². The molecule has 2 heterocycles. The van der Waals surface area contributed by atoms with Gasteiger partial charge in [0.05, 0.1) is 0 Å². The third-order valence-corrected chi connectivity index (χ3v) is 3.76. The fraction of sp³-hybridized carbons (Fsp3) is 0.400. The Labute approximate surface area is 114 Å². The summed E-state index contributed by atoms with van der Waals surface area (Å²) in [7, 11) is 2.16. The average Bonchev–Trinajstić information content (AvgIpc) is 2.45. The second kappa shape index (κ2) is 5.15. The van der Waals surface area contributed by atoms with Gasteiger partial charge in [-0.15, -0.1) is 0 Å². The van der Waals surface area contributed by atoms with Gasteiger partial charge in [0.2, 0.25) is 0 Å². The van der Waals surface area contributed by atoms with Crippen molar-refractivity contribution in [2.24, 2.45) is 0 Å².